The Kier molecular flexibility index (Phi) is 4.32. The van der Waals surface area contributed by atoms with Crippen LogP contribution in [0, 0.1) is 0 Å². The number of aryl methyl sites for hydroxylation is 1. The SMILES string of the molecule is CCCCCc1nc(N)c2ncn(Cc3ccccc3)c2n1. The Labute approximate surface area is 130 Å². The Morgan fingerprint density at radius 1 is 1.09 bits per heavy atom. The Morgan fingerprint density at radius 2 is 1.91 bits per heavy atom. The van der Waals surface area contributed by atoms with Crippen LogP contribution in [0.2, 0.25) is 0 Å². The van der Waals surface area contributed by atoms with Gasteiger partial charge in [-0.3, -0.25) is 0 Å². The third kappa shape index (κ3) is 3.08. The van der Waals surface area contributed by atoms with E-state index in [0.29, 0.717) is 11.3 Å². The molecule has 0 fully saturated rings. The minimum atomic E-state index is 0.475. The van der Waals surface area contributed by atoms with E-state index >= 15 is 0 Å². The molecule has 0 spiro atoms. The maximum absolute atomic E-state index is 6.04. The summed E-state index contributed by atoms with van der Waals surface area (Å²) < 4.78 is 2.03. The highest BCUT2D eigenvalue weighted by Crippen LogP contribution is 2.18. The number of nitrogen functional groups attached to an aromatic ring is 1. The van der Waals surface area contributed by atoms with Crippen molar-refractivity contribution in [3.8, 4) is 0 Å². The molecule has 2 N–H and O–H groups in total. The van der Waals surface area contributed by atoms with Crippen LogP contribution in [0.5, 0.6) is 0 Å². The third-order valence-electron chi connectivity index (χ3n) is 3.74. The van der Waals surface area contributed by atoms with Crippen molar-refractivity contribution >= 4 is 17.0 Å². The van der Waals surface area contributed by atoms with Crippen LogP contribution in [0.3, 0.4) is 0 Å². The maximum atomic E-state index is 6.04. The second-order valence-corrected chi connectivity index (χ2v) is 5.51. The van der Waals surface area contributed by atoms with E-state index in [1.807, 2.05) is 22.8 Å². The average molecular weight is 295 g/mol. The number of imidazole rings is 1. The van der Waals surface area contributed by atoms with Gasteiger partial charge in [0.15, 0.2) is 11.5 Å². The number of rotatable bonds is 6. The molecule has 0 aliphatic carbocycles. The van der Waals surface area contributed by atoms with Gasteiger partial charge in [-0.1, -0.05) is 50.1 Å². The maximum Gasteiger partial charge on any atom is 0.166 e. The van der Waals surface area contributed by atoms with E-state index in [2.05, 4.69) is 34.0 Å². The summed E-state index contributed by atoms with van der Waals surface area (Å²) in [6, 6.07) is 10.3. The first kappa shape index (κ1) is 14.5. The standard InChI is InChI=1S/C17H21N5/c1-2-3-5-10-14-20-16(18)15-17(21-14)22(12-19-15)11-13-8-6-4-7-9-13/h4,6-9,12H,2-3,5,10-11H2,1H3,(H2,18,20,21). The summed E-state index contributed by atoms with van der Waals surface area (Å²) >= 11 is 0. The molecule has 3 rings (SSSR count). The van der Waals surface area contributed by atoms with Crippen LogP contribution in [-0.2, 0) is 13.0 Å². The number of nitrogens with zero attached hydrogens (tertiary/aromatic N) is 4. The third-order valence-corrected chi connectivity index (χ3v) is 3.74. The summed E-state index contributed by atoms with van der Waals surface area (Å²) in [5, 5.41) is 0. The van der Waals surface area contributed by atoms with Crippen molar-refractivity contribution < 1.29 is 0 Å². The first-order chi connectivity index (χ1) is 10.8. The van der Waals surface area contributed by atoms with Gasteiger partial charge in [-0.05, 0) is 12.0 Å². The Bertz CT molecular complexity index is 748. The summed E-state index contributed by atoms with van der Waals surface area (Å²) in [5.74, 6) is 1.29. The molecule has 0 saturated carbocycles. The highest BCUT2D eigenvalue weighted by Gasteiger charge is 2.11. The number of aromatic nitrogens is 4. The van der Waals surface area contributed by atoms with E-state index in [1.165, 1.54) is 18.4 Å². The van der Waals surface area contributed by atoms with Crippen molar-refractivity contribution in [2.45, 2.75) is 39.2 Å². The van der Waals surface area contributed by atoms with Gasteiger partial charge in [-0.15, -0.1) is 0 Å². The van der Waals surface area contributed by atoms with Crippen molar-refractivity contribution in [3.63, 3.8) is 0 Å². The lowest BCUT2D eigenvalue weighted by Crippen LogP contribution is -2.05. The first-order valence-corrected chi connectivity index (χ1v) is 7.79. The van der Waals surface area contributed by atoms with E-state index in [1.54, 1.807) is 6.33 Å². The fraction of sp³-hybridized carbons (Fsp3) is 0.353. The zero-order valence-electron chi connectivity index (χ0n) is 12.9. The molecule has 0 aliphatic rings. The Balaban J connectivity index is 1.90. The van der Waals surface area contributed by atoms with Crippen LogP contribution in [0.4, 0.5) is 5.82 Å². The lowest BCUT2D eigenvalue weighted by atomic mass is 10.2. The van der Waals surface area contributed by atoms with E-state index in [9.17, 15) is 0 Å². The smallest absolute Gasteiger partial charge is 0.166 e. The molecule has 0 radical (unpaired) electrons. The van der Waals surface area contributed by atoms with Crippen molar-refractivity contribution in [3.05, 3.63) is 48.0 Å². The van der Waals surface area contributed by atoms with E-state index in [4.69, 9.17) is 5.73 Å². The van der Waals surface area contributed by atoms with Gasteiger partial charge in [0.2, 0.25) is 0 Å². The van der Waals surface area contributed by atoms with Crippen molar-refractivity contribution in [2.24, 2.45) is 0 Å². The monoisotopic (exact) mass is 295 g/mol. The van der Waals surface area contributed by atoms with Crippen LogP contribution in [0.1, 0.15) is 37.6 Å². The molecule has 0 aliphatic heterocycles. The van der Waals surface area contributed by atoms with Gasteiger partial charge >= 0.3 is 0 Å². The van der Waals surface area contributed by atoms with Gasteiger partial charge in [-0.25, -0.2) is 15.0 Å². The molecule has 0 unspecified atom stereocenters. The molecule has 0 atom stereocenters. The number of benzene rings is 1. The number of anilines is 1. The number of fused-ring (bicyclic) bond motifs is 1. The van der Waals surface area contributed by atoms with E-state index in [-0.39, 0.29) is 0 Å². The molecule has 0 bridgehead atoms. The Morgan fingerprint density at radius 3 is 2.68 bits per heavy atom. The first-order valence-electron chi connectivity index (χ1n) is 7.79. The highest BCUT2D eigenvalue weighted by atomic mass is 15.1. The lowest BCUT2D eigenvalue weighted by molar-refractivity contribution is 0.694. The molecule has 5 heteroatoms. The minimum Gasteiger partial charge on any atom is -0.382 e. The van der Waals surface area contributed by atoms with Crippen molar-refractivity contribution in [2.75, 3.05) is 5.73 Å². The second-order valence-electron chi connectivity index (χ2n) is 5.51. The fourth-order valence-electron chi connectivity index (χ4n) is 2.55. The average Bonchev–Trinajstić information content (AvgIpc) is 2.92. The summed E-state index contributed by atoms with van der Waals surface area (Å²) in [7, 11) is 0. The molecule has 22 heavy (non-hydrogen) atoms. The second kappa shape index (κ2) is 6.56. The van der Waals surface area contributed by atoms with Crippen molar-refractivity contribution in [1.29, 1.82) is 0 Å². The van der Waals surface area contributed by atoms with Gasteiger partial charge < -0.3 is 10.3 Å². The summed E-state index contributed by atoms with van der Waals surface area (Å²) in [6.45, 7) is 2.93. The van der Waals surface area contributed by atoms with Crippen LogP contribution in [0.25, 0.3) is 11.2 Å². The number of hydrogen-bond acceptors (Lipinski definition) is 4. The predicted octanol–water partition coefficient (Wildman–Crippen LogP) is 3.19. The fourth-order valence-corrected chi connectivity index (χ4v) is 2.55. The zero-order valence-corrected chi connectivity index (χ0v) is 12.9. The van der Waals surface area contributed by atoms with Gasteiger partial charge in [0.1, 0.15) is 11.3 Å². The van der Waals surface area contributed by atoms with Crippen LogP contribution in [0.15, 0.2) is 36.7 Å². The summed E-state index contributed by atoms with van der Waals surface area (Å²) in [4.78, 5) is 13.4. The predicted molar refractivity (Wildman–Crippen MR) is 88.5 cm³/mol. The molecule has 2 aromatic heterocycles. The molecule has 5 nitrogen and oxygen atoms in total. The van der Waals surface area contributed by atoms with Gasteiger partial charge in [0.25, 0.3) is 0 Å². The van der Waals surface area contributed by atoms with Gasteiger partial charge in [0, 0.05) is 6.42 Å². The van der Waals surface area contributed by atoms with E-state index < -0.39 is 0 Å². The van der Waals surface area contributed by atoms with Gasteiger partial charge in [-0.2, -0.15) is 0 Å². The molecular formula is C17H21N5. The van der Waals surface area contributed by atoms with Crippen LogP contribution >= 0.6 is 0 Å². The molecule has 2 heterocycles. The molecule has 1 aromatic carbocycles. The van der Waals surface area contributed by atoms with Gasteiger partial charge in [0.05, 0.1) is 12.9 Å². The van der Waals surface area contributed by atoms with Crippen LogP contribution < -0.4 is 5.73 Å². The number of hydrogen-bond donors (Lipinski definition) is 1. The Hall–Kier alpha value is -2.43. The molecule has 0 saturated heterocycles. The molecule has 3 aromatic rings. The topological polar surface area (TPSA) is 69.6 Å². The van der Waals surface area contributed by atoms with Crippen LogP contribution in [-0.4, -0.2) is 19.5 Å². The number of nitrogens with two attached hydrogens (primary N) is 1. The normalized spacial score (nSPS) is 11.1. The summed E-state index contributed by atoms with van der Waals surface area (Å²) in [5.41, 5.74) is 8.77. The molecule has 0 amide bonds. The van der Waals surface area contributed by atoms with E-state index in [0.717, 1.165) is 30.9 Å². The highest BCUT2D eigenvalue weighted by molar-refractivity contribution is 5.81. The van der Waals surface area contributed by atoms with Crippen molar-refractivity contribution in [1.82, 2.24) is 19.5 Å². The lowest BCUT2D eigenvalue weighted by Gasteiger charge is -2.06. The molecular weight excluding hydrogens is 274 g/mol. The summed E-state index contributed by atoms with van der Waals surface area (Å²) in [6.07, 6.45) is 6.12. The molecule has 114 valence electrons. The zero-order chi connectivity index (χ0) is 15.4. The minimum absolute atomic E-state index is 0.475. The largest absolute Gasteiger partial charge is 0.382 e. The quantitative estimate of drug-likeness (QED) is 0.709. The number of unbranched alkanes of at least 4 members (excludes halogenated alkanes) is 2.